The molecule has 4 nitrogen and oxygen atoms in total. The van der Waals surface area contributed by atoms with E-state index in [1.165, 1.54) is 0 Å². The Labute approximate surface area is 105 Å². The number of aryl methyl sites for hydroxylation is 1. The Balaban J connectivity index is 2.17. The fourth-order valence-corrected chi connectivity index (χ4v) is 1.69. The lowest BCUT2D eigenvalue weighted by Crippen LogP contribution is -2.06. The predicted octanol–water partition coefficient (Wildman–Crippen LogP) is 2.70. The molecule has 0 fully saturated rings. The molecule has 0 aliphatic heterocycles. The Bertz CT molecular complexity index is 553. The zero-order valence-electron chi connectivity index (χ0n) is 10.1. The van der Waals surface area contributed by atoms with Crippen molar-refractivity contribution in [3.05, 3.63) is 59.4 Å². The summed E-state index contributed by atoms with van der Waals surface area (Å²) in [7, 11) is 0. The summed E-state index contributed by atoms with van der Waals surface area (Å²) in [6.45, 7) is 2.43. The van der Waals surface area contributed by atoms with Crippen molar-refractivity contribution in [3.63, 3.8) is 0 Å². The van der Waals surface area contributed by atoms with Crippen LogP contribution in [0.4, 0.5) is 5.69 Å². The molecule has 0 spiro atoms. The van der Waals surface area contributed by atoms with Crippen LogP contribution in [0.3, 0.4) is 0 Å². The van der Waals surface area contributed by atoms with Gasteiger partial charge in [0.05, 0.1) is 5.56 Å². The summed E-state index contributed by atoms with van der Waals surface area (Å²) in [5.74, 6) is -0.924. The molecule has 18 heavy (non-hydrogen) atoms. The maximum atomic E-state index is 11.1. The highest BCUT2D eigenvalue weighted by atomic mass is 16.4. The van der Waals surface area contributed by atoms with Crippen molar-refractivity contribution in [2.45, 2.75) is 13.5 Å². The number of nitrogens with zero attached hydrogens (tertiary/aromatic N) is 1. The van der Waals surface area contributed by atoms with Gasteiger partial charge in [0, 0.05) is 24.6 Å². The molecule has 1 aromatic carbocycles. The van der Waals surface area contributed by atoms with Gasteiger partial charge in [0.1, 0.15) is 0 Å². The molecule has 2 rings (SSSR count). The number of carboxylic acids is 1. The number of hydrogen-bond acceptors (Lipinski definition) is 3. The van der Waals surface area contributed by atoms with E-state index in [1.807, 2.05) is 25.1 Å². The van der Waals surface area contributed by atoms with Crippen LogP contribution in [0.15, 0.2) is 42.7 Å². The molecule has 2 N–H and O–H groups in total. The normalized spacial score (nSPS) is 10.1. The maximum Gasteiger partial charge on any atom is 0.337 e. The van der Waals surface area contributed by atoms with Crippen molar-refractivity contribution >= 4 is 11.7 Å². The predicted molar refractivity (Wildman–Crippen MR) is 69.7 cm³/mol. The molecule has 0 amide bonds. The number of benzene rings is 1. The molecule has 0 radical (unpaired) electrons. The van der Waals surface area contributed by atoms with Crippen molar-refractivity contribution < 1.29 is 9.90 Å². The zero-order chi connectivity index (χ0) is 13.0. The molecule has 92 valence electrons. The average molecular weight is 242 g/mol. The third kappa shape index (κ3) is 2.85. The third-order valence-corrected chi connectivity index (χ3v) is 2.61. The van der Waals surface area contributed by atoms with Crippen molar-refractivity contribution in [1.29, 1.82) is 0 Å². The summed E-state index contributed by atoms with van der Waals surface area (Å²) in [6, 6.07) is 9.12. The van der Waals surface area contributed by atoms with Crippen LogP contribution in [0.25, 0.3) is 0 Å². The van der Waals surface area contributed by atoms with E-state index in [4.69, 9.17) is 5.11 Å². The Morgan fingerprint density at radius 3 is 2.89 bits per heavy atom. The van der Waals surface area contributed by atoms with E-state index in [2.05, 4.69) is 10.3 Å². The third-order valence-electron chi connectivity index (χ3n) is 2.61. The molecule has 0 aliphatic carbocycles. The van der Waals surface area contributed by atoms with Crippen molar-refractivity contribution in [3.8, 4) is 0 Å². The number of carboxylic acid groups (broad SMARTS) is 1. The van der Waals surface area contributed by atoms with E-state index >= 15 is 0 Å². The SMILES string of the molecule is Cc1ccc(NCc2cccnc2)c(C(=O)O)c1. The first-order valence-electron chi connectivity index (χ1n) is 5.63. The molecule has 0 atom stereocenters. The number of carbonyl (C=O) groups is 1. The van der Waals surface area contributed by atoms with E-state index in [1.54, 1.807) is 24.5 Å². The Morgan fingerprint density at radius 2 is 2.22 bits per heavy atom. The summed E-state index contributed by atoms with van der Waals surface area (Å²) >= 11 is 0. The highest BCUT2D eigenvalue weighted by Crippen LogP contribution is 2.18. The number of aromatic carboxylic acids is 1. The van der Waals surface area contributed by atoms with Gasteiger partial charge in [-0.25, -0.2) is 4.79 Å². The largest absolute Gasteiger partial charge is 0.478 e. The van der Waals surface area contributed by atoms with Gasteiger partial charge in [-0.05, 0) is 30.7 Å². The Hall–Kier alpha value is -2.36. The first-order chi connectivity index (χ1) is 8.66. The minimum Gasteiger partial charge on any atom is -0.478 e. The van der Waals surface area contributed by atoms with Gasteiger partial charge in [-0.3, -0.25) is 4.98 Å². The highest BCUT2D eigenvalue weighted by Gasteiger charge is 2.09. The summed E-state index contributed by atoms with van der Waals surface area (Å²) in [5, 5.41) is 12.3. The van der Waals surface area contributed by atoms with Crippen LogP contribution >= 0.6 is 0 Å². The van der Waals surface area contributed by atoms with Gasteiger partial charge in [-0.1, -0.05) is 17.7 Å². The molecule has 0 unspecified atom stereocenters. The monoisotopic (exact) mass is 242 g/mol. The van der Waals surface area contributed by atoms with Crippen LogP contribution in [0.2, 0.25) is 0 Å². The highest BCUT2D eigenvalue weighted by molar-refractivity contribution is 5.94. The Kier molecular flexibility index (Phi) is 3.57. The quantitative estimate of drug-likeness (QED) is 0.865. The molecular weight excluding hydrogens is 228 g/mol. The van der Waals surface area contributed by atoms with Gasteiger partial charge in [0.2, 0.25) is 0 Å². The molecule has 2 aromatic rings. The van der Waals surface area contributed by atoms with Crippen molar-refractivity contribution in [2.24, 2.45) is 0 Å². The van der Waals surface area contributed by atoms with Crippen LogP contribution in [-0.4, -0.2) is 16.1 Å². The molecule has 0 saturated carbocycles. The number of hydrogen-bond donors (Lipinski definition) is 2. The maximum absolute atomic E-state index is 11.1. The van der Waals surface area contributed by atoms with E-state index in [0.29, 0.717) is 17.8 Å². The van der Waals surface area contributed by atoms with E-state index in [0.717, 1.165) is 11.1 Å². The molecular formula is C14H14N2O2. The van der Waals surface area contributed by atoms with E-state index in [9.17, 15) is 4.79 Å². The first-order valence-corrected chi connectivity index (χ1v) is 5.63. The second-order valence-electron chi connectivity index (χ2n) is 4.07. The molecule has 1 aromatic heterocycles. The fraction of sp³-hybridized carbons (Fsp3) is 0.143. The van der Waals surface area contributed by atoms with Gasteiger partial charge < -0.3 is 10.4 Å². The number of aromatic nitrogens is 1. The summed E-state index contributed by atoms with van der Waals surface area (Å²) in [5.41, 5.74) is 2.85. The molecule has 0 saturated heterocycles. The lowest BCUT2D eigenvalue weighted by atomic mass is 10.1. The average Bonchev–Trinajstić information content (AvgIpc) is 2.38. The lowest BCUT2D eigenvalue weighted by molar-refractivity contribution is 0.0698. The second-order valence-corrected chi connectivity index (χ2v) is 4.07. The van der Waals surface area contributed by atoms with Crippen molar-refractivity contribution in [2.75, 3.05) is 5.32 Å². The van der Waals surface area contributed by atoms with Crippen LogP contribution < -0.4 is 5.32 Å². The van der Waals surface area contributed by atoms with Gasteiger partial charge in [0.25, 0.3) is 0 Å². The smallest absolute Gasteiger partial charge is 0.337 e. The summed E-state index contributed by atoms with van der Waals surface area (Å²) in [6.07, 6.45) is 3.46. The molecule has 4 heteroatoms. The van der Waals surface area contributed by atoms with Gasteiger partial charge in [0.15, 0.2) is 0 Å². The van der Waals surface area contributed by atoms with Crippen LogP contribution in [0.1, 0.15) is 21.5 Å². The van der Waals surface area contributed by atoms with Crippen LogP contribution in [0, 0.1) is 6.92 Å². The van der Waals surface area contributed by atoms with Gasteiger partial charge >= 0.3 is 5.97 Å². The van der Waals surface area contributed by atoms with Crippen molar-refractivity contribution in [1.82, 2.24) is 4.98 Å². The minimum absolute atomic E-state index is 0.291. The van der Waals surface area contributed by atoms with Gasteiger partial charge in [-0.2, -0.15) is 0 Å². The summed E-state index contributed by atoms with van der Waals surface area (Å²) in [4.78, 5) is 15.1. The zero-order valence-corrected chi connectivity index (χ0v) is 10.1. The van der Waals surface area contributed by atoms with Crippen LogP contribution in [-0.2, 0) is 6.54 Å². The van der Waals surface area contributed by atoms with Gasteiger partial charge in [-0.15, -0.1) is 0 Å². The molecule has 0 aliphatic rings. The number of anilines is 1. The number of nitrogens with one attached hydrogen (secondary N) is 1. The molecule has 1 heterocycles. The van der Waals surface area contributed by atoms with E-state index < -0.39 is 5.97 Å². The lowest BCUT2D eigenvalue weighted by Gasteiger charge is -2.10. The number of rotatable bonds is 4. The summed E-state index contributed by atoms with van der Waals surface area (Å²) < 4.78 is 0. The fourth-order valence-electron chi connectivity index (χ4n) is 1.69. The Morgan fingerprint density at radius 1 is 1.39 bits per heavy atom. The first kappa shape index (κ1) is 12.1. The van der Waals surface area contributed by atoms with Crippen LogP contribution in [0.5, 0.6) is 0 Å². The minimum atomic E-state index is -0.924. The topological polar surface area (TPSA) is 62.2 Å². The standard InChI is InChI=1S/C14H14N2O2/c1-10-4-5-13(12(7-10)14(17)18)16-9-11-3-2-6-15-8-11/h2-8,16H,9H2,1H3,(H,17,18). The number of pyridine rings is 1. The molecule has 0 bridgehead atoms. The second kappa shape index (κ2) is 5.31. The van der Waals surface area contributed by atoms with E-state index in [-0.39, 0.29) is 0 Å².